The van der Waals surface area contributed by atoms with E-state index in [2.05, 4.69) is 48.2 Å². The molecule has 22 heavy (non-hydrogen) atoms. The molecule has 114 valence electrons. The van der Waals surface area contributed by atoms with E-state index >= 15 is 0 Å². The van der Waals surface area contributed by atoms with E-state index in [1.165, 1.54) is 18.1 Å². The van der Waals surface area contributed by atoms with Crippen molar-refractivity contribution in [3.05, 3.63) is 46.8 Å². The molecule has 1 saturated heterocycles. The minimum absolute atomic E-state index is 0.0484. The summed E-state index contributed by atoms with van der Waals surface area (Å²) in [4.78, 5) is 21.0. The van der Waals surface area contributed by atoms with Gasteiger partial charge in [0.15, 0.2) is 5.69 Å². The third kappa shape index (κ3) is 3.36. The van der Waals surface area contributed by atoms with Crippen molar-refractivity contribution in [3.63, 3.8) is 0 Å². The summed E-state index contributed by atoms with van der Waals surface area (Å²) >= 11 is 3.49. The van der Waals surface area contributed by atoms with Crippen molar-refractivity contribution in [1.82, 2.24) is 9.97 Å². The fourth-order valence-corrected chi connectivity index (χ4v) is 2.89. The summed E-state index contributed by atoms with van der Waals surface area (Å²) in [6.45, 7) is 1.84. The van der Waals surface area contributed by atoms with Crippen LogP contribution in [0, 0.1) is 0 Å². The Labute approximate surface area is 136 Å². The third-order valence-corrected chi connectivity index (χ3v) is 4.08. The Hall–Kier alpha value is -2.15. The minimum Gasteiger partial charge on any atom is -0.476 e. The van der Waals surface area contributed by atoms with E-state index in [4.69, 9.17) is 5.11 Å². The van der Waals surface area contributed by atoms with Crippen molar-refractivity contribution in [3.8, 4) is 0 Å². The summed E-state index contributed by atoms with van der Waals surface area (Å²) in [5, 5.41) is 12.1. The standard InChI is InChI=1S/C15H15BrN4O2/c16-10-2-1-3-12(6-10)20-5-4-11(9-20)19-14-8-17-13(7-18-14)15(21)22/h1-3,6-8,11H,4-5,9H2,(H,18,19)(H,21,22). The van der Waals surface area contributed by atoms with Crippen LogP contribution in [0.2, 0.25) is 0 Å². The van der Waals surface area contributed by atoms with Crippen LogP contribution in [0.3, 0.4) is 0 Å². The van der Waals surface area contributed by atoms with Gasteiger partial charge in [-0.15, -0.1) is 0 Å². The maximum atomic E-state index is 10.8. The first-order chi connectivity index (χ1) is 10.6. The highest BCUT2D eigenvalue weighted by molar-refractivity contribution is 9.10. The van der Waals surface area contributed by atoms with Gasteiger partial charge in [0.25, 0.3) is 0 Å². The van der Waals surface area contributed by atoms with E-state index in [0.717, 1.165) is 24.0 Å². The summed E-state index contributed by atoms with van der Waals surface area (Å²) in [7, 11) is 0. The van der Waals surface area contributed by atoms with E-state index in [9.17, 15) is 4.79 Å². The zero-order valence-electron chi connectivity index (χ0n) is 11.7. The Bertz CT molecular complexity index is 677. The molecule has 1 aromatic heterocycles. The van der Waals surface area contributed by atoms with E-state index in [1.54, 1.807) is 0 Å². The topological polar surface area (TPSA) is 78.3 Å². The zero-order chi connectivity index (χ0) is 15.5. The highest BCUT2D eigenvalue weighted by atomic mass is 79.9. The van der Waals surface area contributed by atoms with Crippen LogP contribution >= 0.6 is 15.9 Å². The van der Waals surface area contributed by atoms with Crippen molar-refractivity contribution in [2.45, 2.75) is 12.5 Å². The lowest BCUT2D eigenvalue weighted by Crippen LogP contribution is -2.26. The average Bonchev–Trinajstić information content (AvgIpc) is 2.96. The van der Waals surface area contributed by atoms with Gasteiger partial charge in [-0.3, -0.25) is 0 Å². The predicted octanol–water partition coefficient (Wildman–Crippen LogP) is 2.63. The van der Waals surface area contributed by atoms with Crippen molar-refractivity contribution >= 4 is 33.4 Å². The normalized spacial score (nSPS) is 17.5. The zero-order valence-corrected chi connectivity index (χ0v) is 13.3. The van der Waals surface area contributed by atoms with Crippen LogP contribution in [0.15, 0.2) is 41.1 Å². The first-order valence-corrected chi connectivity index (χ1v) is 7.73. The van der Waals surface area contributed by atoms with E-state index in [-0.39, 0.29) is 11.7 Å². The van der Waals surface area contributed by atoms with Crippen molar-refractivity contribution in [1.29, 1.82) is 0 Å². The van der Waals surface area contributed by atoms with Crippen molar-refractivity contribution in [2.75, 3.05) is 23.3 Å². The quantitative estimate of drug-likeness (QED) is 0.870. The molecule has 2 heterocycles. The van der Waals surface area contributed by atoms with Crippen LogP contribution in [0.25, 0.3) is 0 Å². The first-order valence-electron chi connectivity index (χ1n) is 6.94. The summed E-state index contributed by atoms with van der Waals surface area (Å²) in [5.41, 5.74) is 1.14. The van der Waals surface area contributed by atoms with Crippen LogP contribution < -0.4 is 10.2 Å². The highest BCUT2D eigenvalue weighted by Crippen LogP contribution is 2.24. The number of aromatic nitrogens is 2. The summed E-state index contributed by atoms with van der Waals surface area (Å²) < 4.78 is 1.07. The number of halogens is 1. The smallest absolute Gasteiger partial charge is 0.356 e. The minimum atomic E-state index is -1.07. The molecule has 1 aliphatic rings. The number of nitrogens with zero attached hydrogens (tertiary/aromatic N) is 3. The van der Waals surface area contributed by atoms with Crippen molar-refractivity contribution < 1.29 is 9.90 Å². The van der Waals surface area contributed by atoms with E-state index in [0.29, 0.717) is 5.82 Å². The molecule has 0 spiro atoms. The third-order valence-electron chi connectivity index (χ3n) is 3.58. The number of hydrogen-bond donors (Lipinski definition) is 2. The molecule has 2 N–H and O–H groups in total. The maximum absolute atomic E-state index is 10.8. The second-order valence-electron chi connectivity index (χ2n) is 5.15. The lowest BCUT2D eigenvalue weighted by atomic mass is 10.2. The largest absolute Gasteiger partial charge is 0.476 e. The molecule has 6 nitrogen and oxygen atoms in total. The van der Waals surface area contributed by atoms with Crippen LogP contribution in [-0.4, -0.2) is 40.2 Å². The predicted molar refractivity (Wildman–Crippen MR) is 87.4 cm³/mol. The Morgan fingerprint density at radius 2 is 2.23 bits per heavy atom. The monoisotopic (exact) mass is 362 g/mol. The number of anilines is 2. The molecular formula is C15H15BrN4O2. The van der Waals surface area contributed by atoms with Gasteiger partial charge in [-0.1, -0.05) is 22.0 Å². The number of carbonyl (C=O) groups is 1. The number of nitrogens with one attached hydrogen (secondary N) is 1. The highest BCUT2D eigenvalue weighted by Gasteiger charge is 2.23. The SMILES string of the molecule is O=C(O)c1cnc(NC2CCN(c3cccc(Br)c3)C2)cn1. The summed E-state index contributed by atoms with van der Waals surface area (Å²) in [5.74, 6) is -0.466. The molecule has 2 aromatic rings. The molecular weight excluding hydrogens is 348 g/mol. The second-order valence-corrected chi connectivity index (χ2v) is 6.06. The first kappa shape index (κ1) is 14.8. The molecule has 1 atom stereocenters. The summed E-state index contributed by atoms with van der Waals surface area (Å²) in [6.07, 6.45) is 3.73. The van der Waals surface area contributed by atoms with Gasteiger partial charge >= 0.3 is 5.97 Å². The maximum Gasteiger partial charge on any atom is 0.356 e. The Kier molecular flexibility index (Phi) is 4.24. The van der Waals surface area contributed by atoms with Gasteiger partial charge in [0.1, 0.15) is 5.82 Å². The van der Waals surface area contributed by atoms with Crippen LogP contribution in [0.4, 0.5) is 11.5 Å². The molecule has 1 aromatic carbocycles. The van der Waals surface area contributed by atoms with Gasteiger partial charge in [-0.25, -0.2) is 14.8 Å². The molecule has 0 saturated carbocycles. The Balaban J connectivity index is 1.62. The van der Waals surface area contributed by atoms with E-state index < -0.39 is 5.97 Å². The fraction of sp³-hybridized carbons (Fsp3) is 0.267. The van der Waals surface area contributed by atoms with Crippen LogP contribution in [-0.2, 0) is 0 Å². The molecule has 0 radical (unpaired) electrons. The van der Waals surface area contributed by atoms with Gasteiger partial charge in [-0.05, 0) is 24.6 Å². The number of carboxylic acids is 1. The van der Waals surface area contributed by atoms with E-state index in [1.807, 2.05) is 12.1 Å². The molecule has 1 unspecified atom stereocenters. The number of hydrogen-bond acceptors (Lipinski definition) is 5. The number of benzene rings is 1. The number of carboxylic acid groups (broad SMARTS) is 1. The number of rotatable bonds is 4. The molecule has 0 aliphatic carbocycles. The van der Waals surface area contributed by atoms with Gasteiger partial charge in [0.2, 0.25) is 0 Å². The Morgan fingerprint density at radius 1 is 1.36 bits per heavy atom. The van der Waals surface area contributed by atoms with Crippen LogP contribution in [0.5, 0.6) is 0 Å². The number of aromatic carboxylic acids is 1. The average molecular weight is 363 g/mol. The second kappa shape index (κ2) is 6.31. The summed E-state index contributed by atoms with van der Waals surface area (Å²) in [6, 6.07) is 8.49. The molecule has 3 rings (SSSR count). The lowest BCUT2D eigenvalue weighted by molar-refractivity contribution is 0.0690. The molecule has 7 heteroatoms. The van der Waals surface area contributed by atoms with Gasteiger partial charge in [0, 0.05) is 29.3 Å². The molecule has 0 amide bonds. The molecule has 1 aliphatic heterocycles. The Morgan fingerprint density at radius 3 is 2.91 bits per heavy atom. The molecule has 1 fully saturated rings. The molecule has 0 bridgehead atoms. The van der Waals surface area contributed by atoms with Gasteiger partial charge in [0.05, 0.1) is 12.4 Å². The van der Waals surface area contributed by atoms with Gasteiger partial charge < -0.3 is 15.3 Å². The van der Waals surface area contributed by atoms with Crippen LogP contribution in [0.1, 0.15) is 16.9 Å². The lowest BCUT2D eigenvalue weighted by Gasteiger charge is -2.19. The van der Waals surface area contributed by atoms with Gasteiger partial charge in [-0.2, -0.15) is 0 Å². The fourth-order valence-electron chi connectivity index (χ4n) is 2.51. The van der Waals surface area contributed by atoms with Crippen molar-refractivity contribution in [2.24, 2.45) is 0 Å².